The van der Waals surface area contributed by atoms with Crippen LogP contribution in [0.3, 0.4) is 0 Å². The van der Waals surface area contributed by atoms with Crippen LogP contribution in [0, 0.1) is 0 Å². The van der Waals surface area contributed by atoms with Crippen molar-refractivity contribution in [2.45, 2.75) is 6.42 Å². The smallest absolute Gasteiger partial charge is 0.303 e. The van der Waals surface area contributed by atoms with Crippen LogP contribution in [0.2, 0.25) is 5.02 Å². The van der Waals surface area contributed by atoms with Gasteiger partial charge in [0, 0.05) is 17.1 Å². The van der Waals surface area contributed by atoms with Crippen LogP contribution in [-0.4, -0.2) is 25.9 Å². The van der Waals surface area contributed by atoms with Gasteiger partial charge in [-0.3, -0.25) is 9.09 Å². The molecule has 0 atom stereocenters. The maximum Gasteiger partial charge on any atom is 0.469 e. The Kier molecular flexibility index (Phi) is 5.54. The molecule has 0 unspecified atom stereocenters. The first-order valence-electron chi connectivity index (χ1n) is 8.93. The zero-order valence-electron chi connectivity index (χ0n) is 15.3. The second-order valence-corrected chi connectivity index (χ2v) is 8.16. The SMILES string of the molecule is O=P(O)(O)OCCc1nc2ccc(Cl)cc2n1-c1ccc(-c2ccccc2)cc1. The Morgan fingerprint density at radius 2 is 1.66 bits per heavy atom. The van der Waals surface area contributed by atoms with Gasteiger partial charge in [0.05, 0.1) is 17.6 Å². The molecule has 8 heteroatoms. The van der Waals surface area contributed by atoms with E-state index in [0.29, 0.717) is 10.8 Å². The van der Waals surface area contributed by atoms with Gasteiger partial charge in [-0.25, -0.2) is 9.55 Å². The normalized spacial score (nSPS) is 11.8. The molecule has 0 bridgehead atoms. The zero-order valence-corrected chi connectivity index (χ0v) is 16.9. The third-order valence-corrected chi connectivity index (χ3v) is 5.26. The first-order chi connectivity index (χ1) is 13.9. The fourth-order valence-corrected chi connectivity index (χ4v) is 3.74. The van der Waals surface area contributed by atoms with Gasteiger partial charge in [-0.1, -0.05) is 54.1 Å². The van der Waals surface area contributed by atoms with Gasteiger partial charge >= 0.3 is 7.82 Å². The lowest BCUT2D eigenvalue weighted by Crippen LogP contribution is -2.05. The lowest BCUT2D eigenvalue weighted by molar-refractivity contribution is 0.198. The fourth-order valence-electron chi connectivity index (χ4n) is 3.24. The van der Waals surface area contributed by atoms with E-state index in [1.165, 1.54) is 0 Å². The number of halogens is 1. The van der Waals surface area contributed by atoms with Crippen molar-refractivity contribution >= 4 is 30.5 Å². The molecule has 0 radical (unpaired) electrons. The highest BCUT2D eigenvalue weighted by molar-refractivity contribution is 7.46. The highest BCUT2D eigenvalue weighted by atomic mass is 35.5. The molecule has 0 fully saturated rings. The van der Waals surface area contributed by atoms with Crippen LogP contribution in [-0.2, 0) is 15.5 Å². The van der Waals surface area contributed by atoms with Crippen LogP contribution in [0.1, 0.15) is 5.82 Å². The molecule has 0 saturated heterocycles. The van der Waals surface area contributed by atoms with E-state index >= 15 is 0 Å². The summed E-state index contributed by atoms with van der Waals surface area (Å²) in [5.41, 5.74) is 4.64. The van der Waals surface area contributed by atoms with Gasteiger partial charge in [-0.15, -0.1) is 0 Å². The average Bonchev–Trinajstić information content (AvgIpc) is 3.05. The van der Waals surface area contributed by atoms with E-state index in [-0.39, 0.29) is 13.0 Å². The van der Waals surface area contributed by atoms with Gasteiger partial charge in [-0.05, 0) is 41.5 Å². The minimum atomic E-state index is -4.53. The van der Waals surface area contributed by atoms with Crippen molar-refractivity contribution in [2.75, 3.05) is 6.61 Å². The summed E-state index contributed by atoms with van der Waals surface area (Å²) in [7, 11) is -4.53. The van der Waals surface area contributed by atoms with Crippen LogP contribution in [0.4, 0.5) is 0 Å². The number of nitrogens with zero attached hydrogens (tertiary/aromatic N) is 2. The Morgan fingerprint density at radius 3 is 2.34 bits per heavy atom. The van der Waals surface area contributed by atoms with E-state index in [1.807, 2.05) is 71.3 Å². The first kappa shape index (κ1) is 19.8. The molecule has 0 amide bonds. The number of phosphoric acid groups is 1. The first-order valence-corrected chi connectivity index (χ1v) is 10.8. The van der Waals surface area contributed by atoms with Gasteiger partial charge in [0.1, 0.15) is 5.82 Å². The van der Waals surface area contributed by atoms with Crippen LogP contribution >= 0.6 is 19.4 Å². The molecule has 1 heterocycles. The molecule has 29 heavy (non-hydrogen) atoms. The van der Waals surface area contributed by atoms with E-state index in [2.05, 4.69) is 9.51 Å². The van der Waals surface area contributed by atoms with Gasteiger partial charge in [0.2, 0.25) is 0 Å². The van der Waals surface area contributed by atoms with Crippen LogP contribution in [0.15, 0.2) is 72.8 Å². The lowest BCUT2D eigenvalue weighted by atomic mass is 10.1. The number of aromatic nitrogens is 2. The number of rotatable bonds is 6. The quantitative estimate of drug-likeness (QED) is 0.422. The third kappa shape index (κ3) is 4.58. The second-order valence-electron chi connectivity index (χ2n) is 6.48. The van der Waals surface area contributed by atoms with Crippen LogP contribution < -0.4 is 0 Å². The molecule has 0 aliphatic carbocycles. The molecule has 0 spiro atoms. The highest BCUT2D eigenvalue weighted by Crippen LogP contribution is 2.36. The van der Waals surface area contributed by atoms with Gasteiger partial charge in [-0.2, -0.15) is 0 Å². The van der Waals surface area contributed by atoms with E-state index in [9.17, 15) is 4.57 Å². The van der Waals surface area contributed by atoms with Crippen molar-refractivity contribution in [3.63, 3.8) is 0 Å². The molecule has 3 aromatic carbocycles. The second kappa shape index (κ2) is 8.11. The predicted octanol–water partition coefficient (Wildman–Crippen LogP) is 5.00. The van der Waals surface area contributed by atoms with Crippen molar-refractivity contribution < 1.29 is 18.9 Å². The maximum absolute atomic E-state index is 11.0. The Balaban J connectivity index is 1.73. The fraction of sp³-hybridized carbons (Fsp3) is 0.0952. The van der Waals surface area contributed by atoms with Crippen molar-refractivity contribution in [2.24, 2.45) is 0 Å². The molecule has 4 aromatic rings. The summed E-state index contributed by atoms with van der Waals surface area (Å²) >= 11 is 6.19. The lowest BCUT2D eigenvalue weighted by Gasteiger charge is -2.11. The topological polar surface area (TPSA) is 84.6 Å². The Bertz CT molecular complexity index is 1190. The molecule has 0 aliphatic heterocycles. The van der Waals surface area contributed by atoms with E-state index in [0.717, 1.165) is 27.8 Å². The number of imidazole rings is 1. The van der Waals surface area contributed by atoms with Crippen molar-refractivity contribution in [3.8, 4) is 16.8 Å². The molecule has 6 nitrogen and oxygen atoms in total. The zero-order chi connectivity index (χ0) is 20.4. The number of hydrogen-bond acceptors (Lipinski definition) is 3. The summed E-state index contributed by atoms with van der Waals surface area (Å²) in [6, 6.07) is 23.5. The third-order valence-electron chi connectivity index (χ3n) is 4.50. The summed E-state index contributed by atoms with van der Waals surface area (Å²) in [5.74, 6) is 0.628. The Hall–Kier alpha value is -2.47. The van der Waals surface area contributed by atoms with E-state index < -0.39 is 7.82 Å². The van der Waals surface area contributed by atoms with Crippen molar-refractivity contribution in [3.05, 3.63) is 83.6 Å². The van der Waals surface area contributed by atoms with Crippen molar-refractivity contribution in [1.29, 1.82) is 0 Å². The van der Waals surface area contributed by atoms with E-state index in [4.69, 9.17) is 21.4 Å². The molecule has 148 valence electrons. The molecule has 4 rings (SSSR count). The number of phosphoric ester groups is 1. The molecular formula is C21H18ClN2O4P. The van der Waals surface area contributed by atoms with Crippen molar-refractivity contribution in [1.82, 2.24) is 9.55 Å². The summed E-state index contributed by atoms with van der Waals surface area (Å²) in [4.78, 5) is 22.5. The number of fused-ring (bicyclic) bond motifs is 1. The van der Waals surface area contributed by atoms with Gasteiger partial charge in [0.25, 0.3) is 0 Å². The summed E-state index contributed by atoms with van der Waals surface area (Å²) < 4.78 is 17.5. The van der Waals surface area contributed by atoms with Gasteiger partial charge < -0.3 is 9.79 Å². The monoisotopic (exact) mass is 428 g/mol. The number of hydrogen-bond donors (Lipinski definition) is 2. The molecular weight excluding hydrogens is 411 g/mol. The van der Waals surface area contributed by atoms with Crippen LogP contribution in [0.5, 0.6) is 0 Å². The molecule has 0 saturated carbocycles. The standard InChI is InChI=1S/C21H18ClN2O4P/c22-17-8-11-19-20(14-17)24(21(23-19)12-13-28-29(25,26)27)18-9-6-16(7-10-18)15-4-2-1-3-5-15/h1-11,14H,12-13H2,(H2,25,26,27). The number of benzene rings is 3. The summed E-state index contributed by atoms with van der Waals surface area (Å²) in [5, 5.41) is 0.581. The molecule has 2 N–H and O–H groups in total. The maximum atomic E-state index is 11.0. The molecule has 0 aliphatic rings. The van der Waals surface area contributed by atoms with E-state index in [1.54, 1.807) is 6.07 Å². The minimum absolute atomic E-state index is 0.149. The highest BCUT2D eigenvalue weighted by Gasteiger charge is 2.17. The van der Waals surface area contributed by atoms with Gasteiger partial charge in [0.15, 0.2) is 0 Å². The minimum Gasteiger partial charge on any atom is -0.303 e. The summed E-state index contributed by atoms with van der Waals surface area (Å²) in [6.45, 7) is -0.149. The summed E-state index contributed by atoms with van der Waals surface area (Å²) in [6.07, 6.45) is 0.234. The van der Waals surface area contributed by atoms with Crippen LogP contribution in [0.25, 0.3) is 27.8 Å². The average molecular weight is 429 g/mol. The largest absolute Gasteiger partial charge is 0.469 e. The predicted molar refractivity (Wildman–Crippen MR) is 113 cm³/mol. The Morgan fingerprint density at radius 1 is 0.966 bits per heavy atom. The Labute approximate surface area is 172 Å². The molecule has 1 aromatic heterocycles.